The topological polar surface area (TPSA) is 60.4 Å². The van der Waals surface area contributed by atoms with E-state index in [4.69, 9.17) is 0 Å². The van der Waals surface area contributed by atoms with Crippen LogP contribution in [-0.4, -0.2) is 41.4 Å². The fourth-order valence-electron chi connectivity index (χ4n) is 1.69. The minimum Gasteiger partial charge on any atom is -0.548 e. The summed E-state index contributed by atoms with van der Waals surface area (Å²) >= 11 is 0. The molecule has 0 saturated carbocycles. The first-order valence-corrected chi connectivity index (χ1v) is 8.20. The third-order valence-electron chi connectivity index (χ3n) is 2.69. The summed E-state index contributed by atoms with van der Waals surface area (Å²) in [5.41, 5.74) is 0. The van der Waals surface area contributed by atoms with Crippen LogP contribution in [0.1, 0.15) is 32.1 Å². The SMILES string of the molecule is CN(CC(=O)[O-])C(=O)CCCCC1CCSS1. The summed E-state index contributed by atoms with van der Waals surface area (Å²) in [6, 6.07) is 0. The normalized spacial score (nSPS) is 19.2. The first kappa shape index (κ1) is 14.7. The standard InChI is InChI=1S/C11H19NO3S2/c1-12(8-11(14)15)10(13)5-3-2-4-9-6-7-16-17-9/h9H,2-8H2,1H3,(H,14,15)/p-1. The lowest BCUT2D eigenvalue weighted by Gasteiger charge is -2.17. The predicted molar refractivity (Wildman–Crippen MR) is 69.6 cm³/mol. The van der Waals surface area contributed by atoms with E-state index in [0.29, 0.717) is 6.42 Å². The summed E-state index contributed by atoms with van der Waals surface area (Å²) in [5, 5.41) is 11.1. The Labute approximate surface area is 110 Å². The first-order valence-electron chi connectivity index (χ1n) is 5.81. The molecule has 1 aliphatic heterocycles. The zero-order valence-corrected chi connectivity index (χ0v) is 11.6. The van der Waals surface area contributed by atoms with E-state index in [1.54, 1.807) is 0 Å². The third kappa shape index (κ3) is 6.21. The van der Waals surface area contributed by atoms with Gasteiger partial charge in [0.15, 0.2) is 0 Å². The van der Waals surface area contributed by atoms with Gasteiger partial charge in [-0.1, -0.05) is 28.0 Å². The number of carbonyl (C=O) groups is 2. The van der Waals surface area contributed by atoms with Crippen molar-refractivity contribution in [1.82, 2.24) is 4.90 Å². The van der Waals surface area contributed by atoms with Crippen LogP contribution in [-0.2, 0) is 9.59 Å². The van der Waals surface area contributed by atoms with E-state index < -0.39 is 5.97 Å². The van der Waals surface area contributed by atoms with Crippen molar-refractivity contribution in [2.75, 3.05) is 19.3 Å². The second-order valence-electron chi connectivity index (χ2n) is 4.20. The van der Waals surface area contributed by atoms with Crippen LogP contribution in [0.2, 0.25) is 0 Å². The molecule has 1 rings (SSSR count). The van der Waals surface area contributed by atoms with E-state index in [2.05, 4.69) is 0 Å². The van der Waals surface area contributed by atoms with Gasteiger partial charge in [-0.2, -0.15) is 0 Å². The number of nitrogens with zero attached hydrogens (tertiary/aromatic N) is 1. The van der Waals surface area contributed by atoms with Crippen LogP contribution in [0.15, 0.2) is 0 Å². The van der Waals surface area contributed by atoms with E-state index in [-0.39, 0.29) is 12.5 Å². The van der Waals surface area contributed by atoms with Gasteiger partial charge in [-0.25, -0.2) is 0 Å². The Morgan fingerprint density at radius 2 is 2.18 bits per heavy atom. The van der Waals surface area contributed by atoms with Gasteiger partial charge in [-0.3, -0.25) is 4.79 Å². The Hall–Kier alpha value is -0.360. The Morgan fingerprint density at radius 3 is 2.76 bits per heavy atom. The number of amides is 1. The average Bonchev–Trinajstić information content (AvgIpc) is 2.75. The van der Waals surface area contributed by atoms with Gasteiger partial charge >= 0.3 is 0 Å². The number of carboxylic acid groups (broad SMARTS) is 1. The quantitative estimate of drug-likeness (QED) is 0.511. The summed E-state index contributed by atoms with van der Waals surface area (Å²) in [6.07, 6.45) is 4.76. The molecule has 1 unspecified atom stereocenters. The molecule has 1 heterocycles. The molecule has 98 valence electrons. The first-order chi connectivity index (χ1) is 8.09. The number of carboxylic acids is 1. The molecule has 17 heavy (non-hydrogen) atoms. The van der Waals surface area contributed by atoms with Gasteiger partial charge in [0, 0.05) is 24.5 Å². The number of unbranched alkanes of at least 4 members (excludes halogenated alkanes) is 1. The molecular weight excluding hydrogens is 258 g/mol. The van der Waals surface area contributed by atoms with Gasteiger partial charge in [0.2, 0.25) is 5.91 Å². The molecule has 0 aromatic heterocycles. The van der Waals surface area contributed by atoms with Crippen LogP contribution in [0.3, 0.4) is 0 Å². The molecule has 0 aromatic rings. The second-order valence-corrected chi connectivity index (χ2v) is 6.98. The Morgan fingerprint density at radius 1 is 1.41 bits per heavy atom. The van der Waals surface area contributed by atoms with Crippen molar-refractivity contribution in [2.24, 2.45) is 0 Å². The van der Waals surface area contributed by atoms with Crippen LogP contribution >= 0.6 is 21.6 Å². The van der Waals surface area contributed by atoms with Gasteiger partial charge in [0.1, 0.15) is 0 Å². The zero-order chi connectivity index (χ0) is 12.7. The molecule has 4 nitrogen and oxygen atoms in total. The highest BCUT2D eigenvalue weighted by Gasteiger charge is 2.16. The van der Waals surface area contributed by atoms with E-state index in [0.717, 1.165) is 24.5 Å². The van der Waals surface area contributed by atoms with E-state index in [9.17, 15) is 14.7 Å². The fraction of sp³-hybridized carbons (Fsp3) is 0.818. The smallest absolute Gasteiger partial charge is 0.222 e. The lowest BCUT2D eigenvalue weighted by atomic mass is 10.1. The number of likely N-dealkylation sites (N-methyl/N-ethyl adjacent to an activating group) is 1. The van der Waals surface area contributed by atoms with E-state index >= 15 is 0 Å². The predicted octanol–water partition coefficient (Wildman–Crippen LogP) is 0.909. The van der Waals surface area contributed by atoms with Gasteiger partial charge < -0.3 is 14.8 Å². The number of carbonyl (C=O) groups excluding carboxylic acids is 2. The van der Waals surface area contributed by atoms with Crippen molar-refractivity contribution in [3.8, 4) is 0 Å². The minimum atomic E-state index is -1.21. The molecule has 0 radical (unpaired) electrons. The molecule has 6 heteroatoms. The molecule has 0 aromatic carbocycles. The van der Waals surface area contributed by atoms with Crippen molar-refractivity contribution in [1.29, 1.82) is 0 Å². The Bertz CT molecular complexity index is 267. The van der Waals surface area contributed by atoms with Crippen molar-refractivity contribution in [3.63, 3.8) is 0 Å². The maximum Gasteiger partial charge on any atom is 0.222 e. The maximum absolute atomic E-state index is 11.5. The van der Waals surface area contributed by atoms with Gasteiger partial charge in [0.05, 0.1) is 12.5 Å². The van der Waals surface area contributed by atoms with Crippen LogP contribution in [0, 0.1) is 0 Å². The second kappa shape index (κ2) is 7.87. The van der Waals surface area contributed by atoms with Crippen LogP contribution in [0.5, 0.6) is 0 Å². The van der Waals surface area contributed by atoms with Crippen molar-refractivity contribution in [2.45, 2.75) is 37.4 Å². The van der Waals surface area contributed by atoms with Gasteiger partial charge in [-0.05, 0) is 19.3 Å². The maximum atomic E-state index is 11.5. The summed E-state index contributed by atoms with van der Waals surface area (Å²) in [7, 11) is 5.38. The zero-order valence-electron chi connectivity index (χ0n) is 10.0. The number of rotatable bonds is 7. The summed E-state index contributed by atoms with van der Waals surface area (Å²) in [6.45, 7) is -0.312. The number of hydrogen-bond donors (Lipinski definition) is 0. The van der Waals surface area contributed by atoms with Crippen LogP contribution < -0.4 is 5.11 Å². The highest BCUT2D eigenvalue weighted by molar-refractivity contribution is 8.77. The molecule has 1 aliphatic rings. The molecule has 1 fully saturated rings. The molecule has 0 aliphatic carbocycles. The highest BCUT2D eigenvalue weighted by Crippen LogP contribution is 2.39. The molecule has 0 bridgehead atoms. The van der Waals surface area contributed by atoms with Crippen molar-refractivity contribution in [3.05, 3.63) is 0 Å². The lowest BCUT2D eigenvalue weighted by Crippen LogP contribution is -2.39. The number of hydrogen-bond acceptors (Lipinski definition) is 5. The molecular formula is C11H18NO3S2-. The molecule has 0 spiro atoms. The monoisotopic (exact) mass is 276 g/mol. The minimum absolute atomic E-state index is 0.109. The molecule has 1 saturated heterocycles. The lowest BCUT2D eigenvalue weighted by molar-refractivity contribution is -0.305. The molecule has 0 N–H and O–H groups in total. The number of aliphatic carboxylic acids is 1. The Balaban J connectivity index is 2.04. The molecule has 1 amide bonds. The summed E-state index contributed by atoms with van der Waals surface area (Å²) < 4.78 is 0. The highest BCUT2D eigenvalue weighted by atomic mass is 33.1. The van der Waals surface area contributed by atoms with Crippen molar-refractivity contribution >= 4 is 33.5 Å². The summed E-state index contributed by atoms with van der Waals surface area (Å²) in [4.78, 5) is 23.0. The summed E-state index contributed by atoms with van der Waals surface area (Å²) in [5.74, 6) is -0.0781. The van der Waals surface area contributed by atoms with Gasteiger partial charge in [-0.15, -0.1) is 0 Å². The van der Waals surface area contributed by atoms with E-state index in [1.807, 2.05) is 21.6 Å². The Kier molecular flexibility index (Phi) is 6.80. The molecule has 1 atom stereocenters. The van der Waals surface area contributed by atoms with Gasteiger partial charge in [0.25, 0.3) is 0 Å². The van der Waals surface area contributed by atoms with E-state index in [1.165, 1.54) is 24.1 Å². The average molecular weight is 276 g/mol. The van der Waals surface area contributed by atoms with Crippen LogP contribution in [0.25, 0.3) is 0 Å². The fourth-order valence-corrected chi connectivity index (χ4v) is 4.71. The largest absolute Gasteiger partial charge is 0.548 e. The third-order valence-corrected chi connectivity index (χ3v) is 5.69. The van der Waals surface area contributed by atoms with Crippen LogP contribution in [0.4, 0.5) is 0 Å². The van der Waals surface area contributed by atoms with Crippen molar-refractivity contribution < 1.29 is 14.7 Å².